The van der Waals surface area contributed by atoms with E-state index in [2.05, 4.69) is 0 Å². The predicted octanol–water partition coefficient (Wildman–Crippen LogP) is 3.01. The summed E-state index contributed by atoms with van der Waals surface area (Å²) in [6, 6.07) is 3.15. The Hall–Kier alpha value is -0.930. The van der Waals surface area contributed by atoms with Gasteiger partial charge < -0.3 is 10.5 Å². The fraction of sp³-hybridized carbons (Fsp3) is 0.571. The van der Waals surface area contributed by atoms with Gasteiger partial charge in [0.2, 0.25) is 0 Å². The number of halogens is 1. The molecule has 94 valence electrons. The lowest BCUT2D eigenvalue weighted by Crippen LogP contribution is -2.28. The molecule has 1 aromatic carbocycles. The SMILES string of the molecule is Cc1cc(C)c(C(N)C2CCC(C)O2)c(F)c1. The van der Waals surface area contributed by atoms with Gasteiger partial charge in [-0.25, -0.2) is 4.39 Å². The van der Waals surface area contributed by atoms with Crippen LogP contribution in [0.3, 0.4) is 0 Å². The van der Waals surface area contributed by atoms with E-state index >= 15 is 0 Å². The molecule has 2 rings (SSSR count). The number of rotatable bonds is 2. The average molecular weight is 237 g/mol. The zero-order valence-corrected chi connectivity index (χ0v) is 10.7. The van der Waals surface area contributed by atoms with Crippen LogP contribution in [0.25, 0.3) is 0 Å². The van der Waals surface area contributed by atoms with Crippen molar-refractivity contribution in [3.8, 4) is 0 Å². The zero-order valence-electron chi connectivity index (χ0n) is 10.7. The van der Waals surface area contributed by atoms with Crippen LogP contribution in [-0.4, -0.2) is 12.2 Å². The van der Waals surface area contributed by atoms with E-state index in [4.69, 9.17) is 10.5 Å². The predicted molar refractivity (Wildman–Crippen MR) is 66.4 cm³/mol. The number of aryl methyl sites for hydroxylation is 2. The highest BCUT2D eigenvalue weighted by Gasteiger charge is 2.30. The maximum Gasteiger partial charge on any atom is 0.128 e. The Bertz CT molecular complexity index is 396. The number of nitrogens with two attached hydrogens (primary N) is 1. The first-order valence-corrected chi connectivity index (χ1v) is 6.16. The summed E-state index contributed by atoms with van der Waals surface area (Å²) in [7, 11) is 0. The van der Waals surface area contributed by atoms with E-state index in [1.807, 2.05) is 26.8 Å². The Kier molecular flexibility index (Phi) is 3.50. The van der Waals surface area contributed by atoms with E-state index in [0.717, 1.165) is 24.0 Å². The van der Waals surface area contributed by atoms with Crippen LogP contribution >= 0.6 is 0 Å². The van der Waals surface area contributed by atoms with Crippen molar-refractivity contribution < 1.29 is 9.13 Å². The summed E-state index contributed by atoms with van der Waals surface area (Å²) >= 11 is 0. The molecule has 1 aromatic rings. The van der Waals surface area contributed by atoms with Crippen LogP contribution in [-0.2, 0) is 4.74 Å². The van der Waals surface area contributed by atoms with Crippen LogP contribution in [0.2, 0.25) is 0 Å². The maximum absolute atomic E-state index is 14.0. The molecule has 0 bridgehead atoms. The first-order chi connectivity index (χ1) is 7.99. The minimum atomic E-state index is -0.361. The van der Waals surface area contributed by atoms with E-state index in [1.165, 1.54) is 0 Å². The van der Waals surface area contributed by atoms with Crippen LogP contribution in [0.1, 0.15) is 42.5 Å². The fourth-order valence-corrected chi connectivity index (χ4v) is 2.63. The van der Waals surface area contributed by atoms with Crippen LogP contribution < -0.4 is 5.73 Å². The normalized spacial score (nSPS) is 26.2. The van der Waals surface area contributed by atoms with Gasteiger partial charge in [-0.05, 0) is 50.8 Å². The summed E-state index contributed by atoms with van der Waals surface area (Å²) in [6.45, 7) is 5.83. The van der Waals surface area contributed by atoms with Crippen LogP contribution in [0.15, 0.2) is 12.1 Å². The molecule has 2 N–H and O–H groups in total. The molecule has 17 heavy (non-hydrogen) atoms. The Balaban J connectivity index is 2.27. The highest BCUT2D eigenvalue weighted by atomic mass is 19.1. The second-order valence-electron chi connectivity index (χ2n) is 5.07. The third-order valence-corrected chi connectivity index (χ3v) is 3.48. The summed E-state index contributed by atoms with van der Waals surface area (Å²) in [5, 5.41) is 0. The van der Waals surface area contributed by atoms with Crippen molar-refractivity contribution in [1.82, 2.24) is 0 Å². The van der Waals surface area contributed by atoms with Crippen molar-refractivity contribution in [3.05, 3.63) is 34.6 Å². The van der Waals surface area contributed by atoms with Gasteiger partial charge in [-0.15, -0.1) is 0 Å². The molecule has 1 aliphatic rings. The van der Waals surface area contributed by atoms with E-state index in [-0.39, 0.29) is 24.1 Å². The molecule has 1 fully saturated rings. The van der Waals surface area contributed by atoms with Crippen LogP contribution in [0, 0.1) is 19.7 Å². The molecule has 0 aromatic heterocycles. The van der Waals surface area contributed by atoms with Gasteiger partial charge in [0.25, 0.3) is 0 Å². The number of benzene rings is 1. The third kappa shape index (κ3) is 2.50. The van der Waals surface area contributed by atoms with Crippen LogP contribution in [0.4, 0.5) is 4.39 Å². The molecule has 0 aliphatic carbocycles. The second-order valence-corrected chi connectivity index (χ2v) is 5.07. The monoisotopic (exact) mass is 237 g/mol. The fourth-order valence-electron chi connectivity index (χ4n) is 2.63. The van der Waals surface area contributed by atoms with Gasteiger partial charge in [0.15, 0.2) is 0 Å². The topological polar surface area (TPSA) is 35.2 Å². The molecule has 3 atom stereocenters. The van der Waals surface area contributed by atoms with Gasteiger partial charge in [0.05, 0.1) is 18.2 Å². The summed E-state index contributed by atoms with van der Waals surface area (Å²) < 4.78 is 19.7. The summed E-state index contributed by atoms with van der Waals surface area (Å²) in [4.78, 5) is 0. The highest BCUT2D eigenvalue weighted by Crippen LogP contribution is 2.31. The largest absolute Gasteiger partial charge is 0.373 e. The Morgan fingerprint density at radius 1 is 1.35 bits per heavy atom. The van der Waals surface area contributed by atoms with E-state index in [9.17, 15) is 4.39 Å². The van der Waals surface area contributed by atoms with Gasteiger partial charge in [0.1, 0.15) is 5.82 Å². The summed E-state index contributed by atoms with van der Waals surface area (Å²) in [6.07, 6.45) is 2.10. The van der Waals surface area contributed by atoms with Crippen molar-refractivity contribution in [1.29, 1.82) is 0 Å². The lowest BCUT2D eigenvalue weighted by Gasteiger charge is -2.22. The molecule has 3 unspecified atom stereocenters. The van der Waals surface area contributed by atoms with Crippen molar-refractivity contribution in [2.45, 2.75) is 51.9 Å². The minimum absolute atomic E-state index is 0.0547. The quantitative estimate of drug-likeness (QED) is 0.858. The minimum Gasteiger partial charge on any atom is -0.373 e. The molecule has 2 nitrogen and oxygen atoms in total. The molecule has 1 saturated heterocycles. The average Bonchev–Trinajstić information content (AvgIpc) is 2.63. The number of hydrogen-bond acceptors (Lipinski definition) is 2. The molecule has 0 amide bonds. The summed E-state index contributed by atoms with van der Waals surface area (Å²) in [5.74, 6) is -0.210. The zero-order chi connectivity index (χ0) is 12.6. The van der Waals surface area contributed by atoms with Gasteiger partial charge >= 0.3 is 0 Å². The van der Waals surface area contributed by atoms with Crippen LogP contribution in [0.5, 0.6) is 0 Å². The lowest BCUT2D eigenvalue weighted by molar-refractivity contribution is 0.0393. The van der Waals surface area contributed by atoms with Gasteiger partial charge in [-0.3, -0.25) is 0 Å². The van der Waals surface area contributed by atoms with Crippen molar-refractivity contribution >= 4 is 0 Å². The molecule has 3 heteroatoms. The maximum atomic E-state index is 14.0. The van der Waals surface area contributed by atoms with Gasteiger partial charge in [-0.2, -0.15) is 0 Å². The molecular formula is C14H20FNO. The highest BCUT2D eigenvalue weighted by molar-refractivity contribution is 5.34. The molecule has 0 spiro atoms. The third-order valence-electron chi connectivity index (χ3n) is 3.48. The van der Waals surface area contributed by atoms with Gasteiger partial charge in [0, 0.05) is 5.56 Å². The molecule has 1 aliphatic heterocycles. The van der Waals surface area contributed by atoms with Crippen molar-refractivity contribution in [2.24, 2.45) is 5.73 Å². The number of ether oxygens (including phenoxy) is 1. The van der Waals surface area contributed by atoms with E-state index < -0.39 is 0 Å². The second kappa shape index (κ2) is 4.75. The van der Waals surface area contributed by atoms with Crippen molar-refractivity contribution in [2.75, 3.05) is 0 Å². The lowest BCUT2D eigenvalue weighted by atomic mass is 9.94. The number of hydrogen-bond donors (Lipinski definition) is 1. The summed E-state index contributed by atoms with van der Waals surface area (Å²) in [5.41, 5.74) is 8.60. The Labute approximate surface area is 102 Å². The molecule has 0 radical (unpaired) electrons. The Morgan fingerprint density at radius 2 is 2.06 bits per heavy atom. The standard InChI is InChI=1S/C14H20FNO/c1-8-6-9(2)13(11(15)7-8)14(16)12-5-4-10(3)17-12/h6-7,10,12,14H,4-5,16H2,1-3H3. The Morgan fingerprint density at radius 3 is 2.59 bits per heavy atom. The van der Waals surface area contributed by atoms with Gasteiger partial charge in [-0.1, -0.05) is 6.07 Å². The molecule has 0 saturated carbocycles. The first-order valence-electron chi connectivity index (χ1n) is 6.16. The van der Waals surface area contributed by atoms with E-state index in [0.29, 0.717) is 5.56 Å². The van der Waals surface area contributed by atoms with Crippen molar-refractivity contribution in [3.63, 3.8) is 0 Å². The molecular weight excluding hydrogens is 217 g/mol. The van der Waals surface area contributed by atoms with E-state index in [1.54, 1.807) is 6.07 Å². The first kappa shape index (κ1) is 12.5. The molecule has 1 heterocycles. The smallest absolute Gasteiger partial charge is 0.128 e.